The molecule has 0 N–H and O–H groups in total. The number of hydrogen-bond donors (Lipinski definition) is 0. The van der Waals surface area contributed by atoms with Crippen LogP contribution in [0, 0.1) is 0 Å². The summed E-state index contributed by atoms with van der Waals surface area (Å²) >= 11 is 0. The van der Waals surface area contributed by atoms with Crippen molar-refractivity contribution in [1.29, 1.82) is 0 Å². The van der Waals surface area contributed by atoms with E-state index in [0.29, 0.717) is 0 Å². The number of likely N-dealkylation sites (N-methyl/N-ethyl adjacent to an activating group) is 1. The Hall–Kier alpha value is -0.580. The molecule has 72 valence electrons. The molecule has 0 radical (unpaired) electrons. The SMILES string of the molecule is CC(=O)C(C)N(C)CC(F)(F)F. The van der Waals surface area contributed by atoms with Crippen molar-refractivity contribution in [2.24, 2.45) is 0 Å². The minimum Gasteiger partial charge on any atom is -0.298 e. The first-order chi connectivity index (χ1) is 5.24. The second-order valence-electron chi connectivity index (χ2n) is 2.82. The second-order valence-corrected chi connectivity index (χ2v) is 2.82. The fraction of sp³-hybridized carbons (Fsp3) is 0.857. The molecule has 0 heterocycles. The van der Waals surface area contributed by atoms with Gasteiger partial charge in [-0.2, -0.15) is 13.2 Å². The molecule has 1 atom stereocenters. The molecule has 5 heteroatoms. The van der Waals surface area contributed by atoms with Crippen molar-refractivity contribution in [2.45, 2.75) is 26.1 Å². The zero-order valence-corrected chi connectivity index (χ0v) is 7.27. The fourth-order valence-corrected chi connectivity index (χ4v) is 0.730. The van der Waals surface area contributed by atoms with E-state index in [2.05, 4.69) is 0 Å². The lowest BCUT2D eigenvalue weighted by atomic mass is 10.2. The van der Waals surface area contributed by atoms with Crippen LogP contribution in [0.3, 0.4) is 0 Å². The molecule has 0 aliphatic heterocycles. The first kappa shape index (κ1) is 11.4. The van der Waals surface area contributed by atoms with E-state index in [-0.39, 0.29) is 5.78 Å². The van der Waals surface area contributed by atoms with Crippen LogP contribution in [-0.2, 0) is 4.79 Å². The summed E-state index contributed by atoms with van der Waals surface area (Å²) in [6.07, 6.45) is -4.24. The standard InChI is InChI=1S/C7H12F3NO/c1-5(6(2)12)11(3)4-7(8,9)10/h5H,4H2,1-3H3. The number of carbonyl (C=O) groups excluding carboxylic acids is 1. The van der Waals surface area contributed by atoms with Crippen LogP contribution in [-0.4, -0.2) is 36.5 Å². The van der Waals surface area contributed by atoms with Gasteiger partial charge in [0.2, 0.25) is 0 Å². The molecular formula is C7H12F3NO. The van der Waals surface area contributed by atoms with Crippen molar-refractivity contribution in [3.63, 3.8) is 0 Å². The van der Waals surface area contributed by atoms with Gasteiger partial charge < -0.3 is 0 Å². The lowest BCUT2D eigenvalue weighted by Gasteiger charge is -2.23. The van der Waals surface area contributed by atoms with Crippen LogP contribution < -0.4 is 0 Å². The highest BCUT2D eigenvalue weighted by Gasteiger charge is 2.31. The van der Waals surface area contributed by atoms with Gasteiger partial charge in [-0.05, 0) is 20.9 Å². The summed E-state index contributed by atoms with van der Waals surface area (Å²) < 4.78 is 35.3. The maximum Gasteiger partial charge on any atom is 0.401 e. The monoisotopic (exact) mass is 183 g/mol. The molecule has 0 aliphatic carbocycles. The molecule has 0 amide bonds. The van der Waals surface area contributed by atoms with Gasteiger partial charge in [-0.25, -0.2) is 0 Å². The van der Waals surface area contributed by atoms with Gasteiger partial charge in [-0.1, -0.05) is 0 Å². The molecular weight excluding hydrogens is 171 g/mol. The Morgan fingerprint density at radius 3 is 2.17 bits per heavy atom. The summed E-state index contributed by atoms with van der Waals surface area (Å²) in [5.74, 6) is -0.262. The number of hydrogen-bond acceptors (Lipinski definition) is 2. The summed E-state index contributed by atoms with van der Waals surface area (Å²) in [5.41, 5.74) is 0. The van der Waals surface area contributed by atoms with Gasteiger partial charge in [0, 0.05) is 0 Å². The van der Waals surface area contributed by atoms with Crippen molar-refractivity contribution in [1.82, 2.24) is 4.90 Å². The number of carbonyl (C=O) groups is 1. The Bertz CT molecular complexity index is 167. The number of alkyl halides is 3. The van der Waals surface area contributed by atoms with Gasteiger partial charge in [0.05, 0.1) is 12.6 Å². The highest BCUT2D eigenvalue weighted by molar-refractivity contribution is 5.80. The molecule has 12 heavy (non-hydrogen) atoms. The predicted molar refractivity (Wildman–Crippen MR) is 38.8 cm³/mol. The summed E-state index contributed by atoms with van der Waals surface area (Å²) in [6, 6.07) is -0.674. The van der Waals surface area contributed by atoms with E-state index < -0.39 is 18.8 Å². The summed E-state index contributed by atoms with van der Waals surface area (Å²) in [5, 5.41) is 0. The topological polar surface area (TPSA) is 20.3 Å². The zero-order valence-electron chi connectivity index (χ0n) is 7.27. The molecule has 0 spiro atoms. The quantitative estimate of drug-likeness (QED) is 0.660. The van der Waals surface area contributed by atoms with E-state index in [1.54, 1.807) is 0 Å². The second kappa shape index (κ2) is 3.89. The number of Topliss-reactive ketones (excluding diaryl/α,β-unsaturated/α-hetero) is 1. The van der Waals surface area contributed by atoms with Crippen molar-refractivity contribution in [3.8, 4) is 0 Å². The van der Waals surface area contributed by atoms with Crippen LogP contribution in [0.15, 0.2) is 0 Å². The Morgan fingerprint density at radius 2 is 1.92 bits per heavy atom. The van der Waals surface area contributed by atoms with Crippen LogP contribution in [0.5, 0.6) is 0 Å². The third kappa shape index (κ3) is 4.33. The first-order valence-corrected chi connectivity index (χ1v) is 3.51. The number of ketones is 1. The van der Waals surface area contributed by atoms with E-state index in [4.69, 9.17) is 0 Å². The lowest BCUT2D eigenvalue weighted by molar-refractivity contribution is -0.149. The molecule has 0 saturated carbocycles. The maximum absolute atomic E-state index is 11.8. The van der Waals surface area contributed by atoms with E-state index in [0.717, 1.165) is 4.90 Å². The third-order valence-corrected chi connectivity index (χ3v) is 1.68. The van der Waals surface area contributed by atoms with Crippen molar-refractivity contribution < 1.29 is 18.0 Å². The number of nitrogens with zero attached hydrogens (tertiary/aromatic N) is 1. The molecule has 0 saturated heterocycles. The van der Waals surface area contributed by atoms with Crippen LogP contribution in [0.4, 0.5) is 13.2 Å². The summed E-state index contributed by atoms with van der Waals surface area (Å²) in [4.78, 5) is 11.6. The average Bonchev–Trinajstić information content (AvgIpc) is 1.82. The fourth-order valence-electron chi connectivity index (χ4n) is 0.730. The van der Waals surface area contributed by atoms with Crippen molar-refractivity contribution in [2.75, 3.05) is 13.6 Å². The Morgan fingerprint density at radius 1 is 1.50 bits per heavy atom. The highest BCUT2D eigenvalue weighted by atomic mass is 19.4. The van der Waals surface area contributed by atoms with E-state index >= 15 is 0 Å². The van der Waals surface area contributed by atoms with Crippen LogP contribution in [0.2, 0.25) is 0 Å². The van der Waals surface area contributed by atoms with E-state index in [1.807, 2.05) is 0 Å². The van der Waals surface area contributed by atoms with Crippen LogP contribution in [0.1, 0.15) is 13.8 Å². The molecule has 1 unspecified atom stereocenters. The largest absolute Gasteiger partial charge is 0.401 e. The Balaban J connectivity index is 4.04. The molecule has 0 aromatic heterocycles. The number of rotatable bonds is 3. The molecule has 0 aromatic rings. The van der Waals surface area contributed by atoms with Gasteiger partial charge in [-0.15, -0.1) is 0 Å². The maximum atomic E-state index is 11.8. The van der Waals surface area contributed by atoms with Gasteiger partial charge in [-0.3, -0.25) is 9.69 Å². The molecule has 0 aromatic carbocycles. The zero-order chi connectivity index (χ0) is 9.94. The molecule has 0 bridgehead atoms. The van der Waals surface area contributed by atoms with E-state index in [9.17, 15) is 18.0 Å². The molecule has 0 fully saturated rings. The van der Waals surface area contributed by atoms with Gasteiger partial charge in [0.1, 0.15) is 5.78 Å². The predicted octanol–water partition coefficient (Wildman–Crippen LogP) is 1.46. The van der Waals surface area contributed by atoms with Crippen molar-refractivity contribution >= 4 is 5.78 Å². The normalized spacial score (nSPS) is 14.9. The lowest BCUT2D eigenvalue weighted by Crippen LogP contribution is -2.40. The van der Waals surface area contributed by atoms with Gasteiger partial charge in [0.15, 0.2) is 0 Å². The summed E-state index contributed by atoms with van der Waals surface area (Å²) in [6.45, 7) is 1.68. The Labute approximate surface area is 69.3 Å². The minimum atomic E-state index is -4.24. The van der Waals surface area contributed by atoms with Crippen LogP contribution in [0.25, 0.3) is 0 Å². The van der Waals surface area contributed by atoms with E-state index in [1.165, 1.54) is 20.9 Å². The smallest absolute Gasteiger partial charge is 0.298 e. The minimum absolute atomic E-state index is 0.262. The first-order valence-electron chi connectivity index (χ1n) is 3.51. The van der Waals surface area contributed by atoms with Gasteiger partial charge in [0.25, 0.3) is 0 Å². The van der Waals surface area contributed by atoms with Crippen molar-refractivity contribution in [3.05, 3.63) is 0 Å². The molecule has 2 nitrogen and oxygen atoms in total. The Kier molecular flexibility index (Phi) is 3.70. The summed E-state index contributed by atoms with van der Waals surface area (Å²) in [7, 11) is 1.28. The van der Waals surface area contributed by atoms with Gasteiger partial charge >= 0.3 is 6.18 Å². The third-order valence-electron chi connectivity index (χ3n) is 1.68. The molecule has 0 rings (SSSR count). The number of halogens is 3. The highest BCUT2D eigenvalue weighted by Crippen LogP contribution is 2.16. The molecule has 0 aliphatic rings. The van der Waals surface area contributed by atoms with Crippen LogP contribution >= 0.6 is 0 Å². The average molecular weight is 183 g/mol.